The molecule has 0 radical (unpaired) electrons. The quantitative estimate of drug-likeness (QED) is 0.331. The predicted octanol–water partition coefficient (Wildman–Crippen LogP) is 5.21. The van der Waals surface area contributed by atoms with E-state index in [9.17, 15) is 9.59 Å². The Morgan fingerprint density at radius 1 is 1.07 bits per heavy atom. The molecule has 3 aromatic rings. The lowest BCUT2D eigenvalue weighted by Gasteiger charge is -2.36. The summed E-state index contributed by atoms with van der Waals surface area (Å²) < 4.78 is 5.73. The molecule has 1 aromatic heterocycles. The lowest BCUT2D eigenvalue weighted by molar-refractivity contribution is -0.129. The van der Waals surface area contributed by atoms with Crippen molar-refractivity contribution >= 4 is 63.7 Å². The van der Waals surface area contributed by atoms with Crippen molar-refractivity contribution in [2.45, 2.75) is 19.4 Å². The van der Waals surface area contributed by atoms with E-state index < -0.39 is 0 Å². The second-order valence-electron chi connectivity index (χ2n) is 9.78. The standard InChI is InChI=1S/C29H31Cl2N7O4/c1-4-29(40)35-22-14-23(26(41-3)15-25(22)37-10-8-36(9-11-37)18(2)39)34-27-16-28(33-17-32-27)38-24(7-12-42-38)19-5-6-20(30)21(31)13-19/h4-6,13-17,24H,1,7-12H2,2-3H3,(H,35,40)(H,32,33,34)/t24-/m1/s1. The second kappa shape index (κ2) is 12.8. The van der Waals surface area contributed by atoms with Crippen molar-refractivity contribution in [1.82, 2.24) is 14.9 Å². The maximum atomic E-state index is 12.4. The molecule has 5 rings (SSSR count). The lowest BCUT2D eigenvalue weighted by Crippen LogP contribution is -2.48. The molecule has 3 heterocycles. The van der Waals surface area contributed by atoms with Gasteiger partial charge in [0.15, 0.2) is 5.82 Å². The average Bonchev–Trinajstić information content (AvgIpc) is 3.49. The number of anilines is 5. The molecule has 0 bridgehead atoms. The number of hydrogen-bond acceptors (Lipinski definition) is 9. The zero-order valence-electron chi connectivity index (χ0n) is 23.3. The number of nitrogens with zero attached hydrogens (tertiary/aromatic N) is 5. The first kappa shape index (κ1) is 29.4. The number of carbonyl (C=O) groups excluding carboxylic acids is 2. The maximum Gasteiger partial charge on any atom is 0.247 e. The molecule has 1 atom stereocenters. The van der Waals surface area contributed by atoms with Gasteiger partial charge in [-0.15, -0.1) is 0 Å². The minimum atomic E-state index is -0.349. The van der Waals surface area contributed by atoms with E-state index in [0.717, 1.165) is 17.7 Å². The number of benzene rings is 2. The Hall–Kier alpha value is -4.06. The molecule has 2 N–H and O–H groups in total. The van der Waals surface area contributed by atoms with E-state index in [1.54, 1.807) is 42.2 Å². The smallest absolute Gasteiger partial charge is 0.247 e. The Bertz CT molecular complexity index is 1500. The lowest BCUT2D eigenvalue weighted by atomic mass is 10.0. The fraction of sp³-hybridized carbons (Fsp3) is 0.310. The highest BCUT2D eigenvalue weighted by Crippen LogP contribution is 2.40. The summed E-state index contributed by atoms with van der Waals surface area (Å²) in [6.07, 6.45) is 3.40. The summed E-state index contributed by atoms with van der Waals surface area (Å²) in [5, 5.41) is 8.90. The van der Waals surface area contributed by atoms with Crippen LogP contribution in [0.4, 0.5) is 28.7 Å². The summed E-state index contributed by atoms with van der Waals surface area (Å²) in [5.41, 5.74) is 2.88. The van der Waals surface area contributed by atoms with E-state index in [-0.39, 0.29) is 17.9 Å². The van der Waals surface area contributed by atoms with Crippen LogP contribution in [0.15, 0.2) is 55.4 Å². The maximum absolute atomic E-state index is 12.4. The van der Waals surface area contributed by atoms with Crippen LogP contribution in [0.1, 0.15) is 24.9 Å². The summed E-state index contributed by atoms with van der Waals surface area (Å²) in [5.74, 6) is 1.28. The minimum Gasteiger partial charge on any atom is -0.494 e. The number of halogens is 2. The number of nitrogens with one attached hydrogen (secondary N) is 2. The van der Waals surface area contributed by atoms with Crippen molar-refractivity contribution < 1.29 is 19.2 Å². The van der Waals surface area contributed by atoms with Crippen molar-refractivity contribution in [3.63, 3.8) is 0 Å². The van der Waals surface area contributed by atoms with Gasteiger partial charge in [-0.25, -0.2) is 15.0 Å². The number of aromatic nitrogens is 2. The van der Waals surface area contributed by atoms with E-state index in [2.05, 4.69) is 32.1 Å². The summed E-state index contributed by atoms with van der Waals surface area (Å²) in [4.78, 5) is 42.9. The molecule has 13 heteroatoms. The first-order valence-electron chi connectivity index (χ1n) is 13.4. The van der Waals surface area contributed by atoms with E-state index in [1.165, 1.54) is 12.4 Å². The summed E-state index contributed by atoms with van der Waals surface area (Å²) in [6.45, 7) is 8.04. The third-order valence-corrected chi connectivity index (χ3v) is 7.94. The molecular weight excluding hydrogens is 581 g/mol. The van der Waals surface area contributed by atoms with Gasteiger partial charge in [0.25, 0.3) is 0 Å². The normalized spacial score (nSPS) is 16.8. The fourth-order valence-corrected chi connectivity index (χ4v) is 5.34. The zero-order valence-corrected chi connectivity index (χ0v) is 24.8. The average molecular weight is 613 g/mol. The molecule has 0 aliphatic carbocycles. The Balaban J connectivity index is 1.42. The summed E-state index contributed by atoms with van der Waals surface area (Å²) >= 11 is 12.4. The van der Waals surface area contributed by atoms with Gasteiger partial charge in [-0.2, -0.15) is 0 Å². The minimum absolute atomic E-state index is 0.0406. The number of hydrogen-bond donors (Lipinski definition) is 2. The summed E-state index contributed by atoms with van der Waals surface area (Å²) in [6, 6.07) is 10.8. The van der Waals surface area contributed by atoms with Crippen molar-refractivity contribution in [3.05, 3.63) is 71.0 Å². The topological polar surface area (TPSA) is 112 Å². The number of ether oxygens (including phenoxy) is 1. The molecule has 220 valence electrons. The zero-order chi connectivity index (χ0) is 29.8. The van der Waals surface area contributed by atoms with Crippen LogP contribution in [0.3, 0.4) is 0 Å². The third-order valence-electron chi connectivity index (χ3n) is 7.20. The molecule has 2 fully saturated rings. The molecule has 2 aromatic carbocycles. The number of hydroxylamine groups is 1. The van der Waals surface area contributed by atoms with Gasteiger partial charge >= 0.3 is 0 Å². The Labute approximate surface area is 254 Å². The molecule has 2 aliphatic rings. The van der Waals surface area contributed by atoms with Crippen LogP contribution in [0.5, 0.6) is 5.75 Å². The second-order valence-corrected chi connectivity index (χ2v) is 10.6. The predicted molar refractivity (Wildman–Crippen MR) is 164 cm³/mol. The van der Waals surface area contributed by atoms with Gasteiger partial charge in [0, 0.05) is 51.7 Å². The van der Waals surface area contributed by atoms with Crippen LogP contribution in [-0.2, 0) is 14.4 Å². The van der Waals surface area contributed by atoms with Crippen LogP contribution in [0.2, 0.25) is 10.0 Å². The molecule has 0 spiro atoms. The number of piperazine rings is 1. The number of amides is 2. The van der Waals surface area contributed by atoms with Crippen LogP contribution in [-0.4, -0.2) is 66.6 Å². The van der Waals surface area contributed by atoms with E-state index in [4.69, 9.17) is 32.8 Å². The highest BCUT2D eigenvalue weighted by atomic mass is 35.5. The number of carbonyl (C=O) groups is 2. The molecule has 42 heavy (non-hydrogen) atoms. The van der Waals surface area contributed by atoms with Gasteiger partial charge < -0.3 is 25.2 Å². The molecule has 0 saturated carbocycles. The van der Waals surface area contributed by atoms with E-state index in [0.29, 0.717) is 71.6 Å². The van der Waals surface area contributed by atoms with Gasteiger partial charge in [-0.3, -0.25) is 14.4 Å². The largest absolute Gasteiger partial charge is 0.494 e. The van der Waals surface area contributed by atoms with E-state index in [1.807, 2.05) is 18.2 Å². The summed E-state index contributed by atoms with van der Waals surface area (Å²) in [7, 11) is 1.57. The number of rotatable bonds is 8. The van der Waals surface area contributed by atoms with Gasteiger partial charge in [0.1, 0.15) is 17.9 Å². The molecule has 2 aliphatic heterocycles. The monoisotopic (exact) mass is 611 g/mol. The Kier molecular flexibility index (Phi) is 9.00. The van der Waals surface area contributed by atoms with Crippen LogP contribution in [0, 0.1) is 0 Å². The van der Waals surface area contributed by atoms with Gasteiger partial charge in [-0.05, 0) is 29.8 Å². The van der Waals surface area contributed by atoms with E-state index >= 15 is 0 Å². The van der Waals surface area contributed by atoms with Crippen molar-refractivity contribution in [1.29, 1.82) is 0 Å². The fourth-order valence-electron chi connectivity index (χ4n) is 5.03. The highest BCUT2D eigenvalue weighted by molar-refractivity contribution is 6.42. The molecule has 2 saturated heterocycles. The Morgan fingerprint density at radius 3 is 2.55 bits per heavy atom. The van der Waals surface area contributed by atoms with Crippen molar-refractivity contribution in [2.75, 3.05) is 60.5 Å². The SMILES string of the molecule is C=CC(=O)Nc1cc(Nc2cc(N3OCC[C@@H]3c3ccc(Cl)c(Cl)c3)ncn2)c(OC)cc1N1CCN(C(C)=O)CC1. The molecule has 0 unspecified atom stereocenters. The van der Waals surface area contributed by atoms with Crippen LogP contribution >= 0.6 is 23.2 Å². The highest BCUT2D eigenvalue weighted by Gasteiger charge is 2.30. The van der Waals surface area contributed by atoms with Crippen molar-refractivity contribution in [3.8, 4) is 5.75 Å². The third kappa shape index (κ3) is 6.38. The molecule has 11 nitrogen and oxygen atoms in total. The first-order chi connectivity index (χ1) is 20.3. The number of methoxy groups -OCH3 is 1. The van der Waals surface area contributed by atoms with Gasteiger partial charge in [0.05, 0.1) is 46.9 Å². The van der Waals surface area contributed by atoms with Crippen LogP contribution in [0.25, 0.3) is 0 Å². The first-order valence-corrected chi connectivity index (χ1v) is 14.1. The Morgan fingerprint density at radius 2 is 1.86 bits per heavy atom. The molecular formula is C29H31Cl2N7O4. The van der Waals surface area contributed by atoms with Gasteiger partial charge in [0.2, 0.25) is 11.8 Å². The molecule has 2 amide bonds. The van der Waals surface area contributed by atoms with Crippen molar-refractivity contribution in [2.24, 2.45) is 0 Å². The van der Waals surface area contributed by atoms with Crippen LogP contribution < -0.4 is 25.3 Å². The van der Waals surface area contributed by atoms with Gasteiger partial charge in [-0.1, -0.05) is 35.8 Å².